The number of halogens is 3. The summed E-state index contributed by atoms with van der Waals surface area (Å²) < 4.78 is 39.6. The molecule has 2 aromatic rings. The Morgan fingerprint density at radius 1 is 1.00 bits per heavy atom. The van der Waals surface area contributed by atoms with Gasteiger partial charge in [-0.25, -0.2) is 8.78 Å². The fraction of sp³-hybridized carbons (Fsp3) is 0.267. The van der Waals surface area contributed by atoms with Crippen molar-refractivity contribution < 1.29 is 13.2 Å². The zero-order chi connectivity index (χ0) is 14.9. The molecule has 1 heterocycles. The third kappa shape index (κ3) is 2.92. The molecule has 0 unspecified atom stereocenters. The summed E-state index contributed by atoms with van der Waals surface area (Å²) in [7, 11) is 0. The molecule has 0 atom stereocenters. The SMILES string of the molecule is CC(C)(C)c1ccccc1Nc1nc(F)c(F)cc1F. The fourth-order valence-corrected chi connectivity index (χ4v) is 1.91. The van der Waals surface area contributed by atoms with E-state index in [9.17, 15) is 13.2 Å². The molecule has 0 bridgehead atoms. The summed E-state index contributed by atoms with van der Waals surface area (Å²) in [5, 5.41) is 2.72. The number of hydrogen-bond donors (Lipinski definition) is 1. The average molecular weight is 280 g/mol. The number of pyridine rings is 1. The number of hydrogen-bond acceptors (Lipinski definition) is 2. The van der Waals surface area contributed by atoms with E-state index in [2.05, 4.69) is 10.3 Å². The number of aromatic nitrogens is 1. The van der Waals surface area contributed by atoms with Crippen LogP contribution in [0.15, 0.2) is 30.3 Å². The lowest BCUT2D eigenvalue weighted by atomic mass is 9.86. The zero-order valence-corrected chi connectivity index (χ0v) is 11.5. The van der Waals surface area contributed by atoms with Crippen LogP contribution in [0.4, 0.5) is 24.7 Å². The topological polar surface area (TPSA) is 24.9 Å². The summed E-state index contributed by atoms with van der Waals surface area (Å²) in [4.78, 5) is 3.26. The van der Waals surface area contributed by atoms with Crippen molar-refractivity contribution in [3.63, 3.8) is 0 Å². The van der Waals surface area contributed by atoms with Crippen LogP contribution in [0, 0.1) is 17.6 Å². The van der Waals surface area contributed by atoms with Gasteiger partial charge in [0.1, 0.15) is 0 Å². The Bertz CT molecular complexity index is 634. The molecule has 1 N–H and O–H groups in total. The van der Waals surface area contributed by atoms with Gasteiger partial charge in [0, 0.05) is 11.8 Å². The van der Waals surface area contributed by atoms with Crippen molar-refractivity contribution >= 4 is 11.5 Å². The predicted octanol–water partition coefficient (Wildman–Crippen LogP) is 4.54. The minimum absolute atomic E-state index is 0.182. The first kappa shape index (κ1) is 14.4. The minimum Gasteiger partial charge on any atom is -0.337 e. The Morgan fingerprint density at radius 3 is 2.30 bits per heavy atom. The van der Waals surface area contributed by atoms with Crippen LogP contribution < -0.4 is 5.32 Å². The molecule has 0 saturated carbocycles. The highest BCUT2D eigenvalue weighted by Crippen LogP contribution is 2.31. The second-order valence-electron chi connectivity index (χ2n) is 5.51. The molecule has 0 fully saturated rings. The molecule has 2 nitrogen and oxygen atoms in total. The molecule has 0 radical (unpaired) electrons. The molecular weight excluding hydrogens is 265 g/mol. The number of nitrogens with zero attached hydrogens (tertiary/aromatic N) is 1. The van der Waals surface area contributed by atoms with Crippen LogP contribution in [-0.4, -0.2) is 4.98 Å². The smallest absolute Gasteiger partial charge is 0.251 e. The van der Waals surface area contributed by atoms with E-state index < -0.39 is 17.6 Å². The van der Waals surface area contributed by atoms with Crippen molar-refractivity contribution in [3.8, 4) is 0 Å². The molecule has 0 aliphatic carbocycles. The van der Waals surface area contributed by atoms with Crippen molar-refractivity contribution in [1.29, 1.82) is 0 Å². The molecule has 0 amide bonds. The van der Waals surface area contributed by atoms with Gasteiger partial charge < -0.3 is 5.32 Å². The third-order valence-electron chi connectivity index (χ3n) is 2.87. The maximum atomic E-state index is 13.6. The van der Waals surface area contributed by atoms with Gasteiger partial charge in [-0.1, -0.05) is 39.0 Å². The molecular formula is C15H15F3N2. The van der Waals surface area contributed by atoms with Gasteiger partial charge in [0.25, 0.3) is 5.95 Å². The van der Waals surface area contributed by atoms with Crippen LogP contribution in [0.1, 0.15) is 26.3 Å². The van der Waals surface area contributed by atoms with Gasteiger partial charge in [-0.3, -0.25) is 0 Å². The Balaban J connectivity index is 2.43. The lowest BCUT2D eigenvalue weighted by molar-refractivity contribution is 0.467. The molecule has 0 spiro atoms. The van der Waals surface area contributed by atoms with E-state index in [1.165, 1.54) is 0 Å². The van der Waals surface area contributed by atoms with E-state index in [-0.39, 0.29) is 11.2 Å². The van der Waals surface area contributed by atoms with Gasteiger partial charge in [-0.2, -0.15) is 9.37 Å². The van der Waals surface area contributed by atoms with Crippen LogP contribution in [-0.2, 0) is 5.41 Å². The molecule has 2 rings (SSSR count). The van der Waals surface area contributed by atoms with Gasteiger partial charge in [-0.15, -0.1) is 0 Å². The molecule has 5 heteroatoms. The highest BCUT2D eigenvalue weighted by molar-refractivity contribution is 5.62. The minimum atomic E-state index is -1.33. The molecule has 1 aromatic heterocycles. The largest absolute Gasteiger partial charge is 0.337 e. The van der Waals surface area contributed by atoms with Crippen LogP contribution >= 0.6 is 0 Å². The van der Waals surface area contributed by atoms with Gasteiger partial charge in [-0.05, 0) is 17.0 Å². The van der Waals surface area contributed by atoms with E-state index in [1.54, 1.807) is 12.1 Å². The molecule has 0 aliphatic heterocycles. The lowest BCUT2D eigenvalue weighted by Crippen LogP contribution is -2.14. The molecule has 106 valence electrons. The normalized spacial score (nSPS) is 11.5. The monoisotopic (exact) mass is 280 g/mol. The standard InChI is InChI=1S/C15H15F3N2/c1-15(2,3)9-6-4-5-7-12(9)19-14-11(17)8-10(16)13(18)20-14/h4-8H,1-3H3,(H,19,20). The molecule has 1 aromatic carbocycles. The van der Waals surface area contributed by atoms with Crippen molar-refractivity contribution in [1.82, 2.24) is 4.98 Å². The summed E-state index contributed by atoms with van der Waals surface area (Å²) in [6.45, 7) is 6.01. The van der Waals surface area contributed by atoms with Crippen molar-refractivity contribution in [3.05, 3.63) is 53.5 Å². The maximum Gasteiger partial charge on any atom is 0.251 e. The van der Waals surface area contributed by atoms with Crippen molar-refractivity contribution in [2.45, 2.75) is 26.2 Å². The predicted molar refractivity (Wildman–Crippen MR) is 72.5 cm³/mol. The second-order valence-corrected chi connectivity index (χ2v) is 5.51. The summed E-state index contributed by atoms with van der Waals surface area (Å²) >= 11 is 0. The summed E-state index contributed by atoms with van der Waals surface area (Å²) in [5.41, 5.74) is 1.35. The van der Waals surface area contributed by atoms with Gasteiger partial charge in [0.2, 0.25) is 0 Å². The Morgan fingerprint density at radius 2 is 1.65 bits per heavy atom. The Kier molecular flexibility index (Phi) is 3.70. The number of para-hydroxylation sites is 1. The summed E-state index contributed by atoms with van der Waals surface area (Å²) in [5.74, 6) is -3.91. The molecule has 0 aliphatic rings. The van der Waals surface area contributed by atoms with Crippen LogP contribution in [0.2, 0.25) is 0 Å². The van der Waals surface area contributed by atoms with Gasteiger partial charge in [0.15, 0.2) is 17.5 Å². The van der Waals surface area contributed by atoms with E-state index in [0.717, 1.165) is 5.56 Å². The van der Waals surface area contributed by atoms with Crippen LogP contribution in [0.3, 0.4) is 0 Å². The van der Waals surface area contributed by atoms with E-state index in [0.29, 0.717) is 11.8 Å². The van der Waals surface area contributed by atoms with E-state index in [1.807, 2.05) is 32.9 Å². The van der Waals surface area contributed by atoms with E-state index >= 15 is 0 Å². The van der Waals surface area contributed by atoms with Crippen molar-refractivity contribution in [2.75, 3.05) is 5.32 Å². The second kappa shape index (κ2) is 5.15. The first-order valence-corrected chi connectivity index (χ1v) is 6.17. The maximum absolute atomic E-state index is 13.6. The Labute approximate surface area is 115 Å². The number of rotatable bonds is 2. The zero-order valence-electron chi connectivity index (χ0n) is 11.5. The first-order valence-electron chi connectivity index (χ1n) is 6.17. The lowest BCUT2D eigenvalue weighted by Gasteiger charge is -2.23. The fourth-order valence-electron chi connectivity index (χ4n) is 1.91. The summed E-state index contributed by atoms with van der Waals surface area (Å²) in [6, 6.07) is 7.74. The third-order valence-corrected chi connectivity index (χ3v) is 2.87. The Hall–Kier alpha value is -2.04. The molecule has 0 saturated heterocycles. The quantitative estimate of drug-likeness (QED) is 0.817. The van der Waals surface area contributed by atoms with Crippen LogP contribution in [0.5, 0.6) is 0 Å². The van der Waals surface area contributed by atoms with Crippen LogP contribution in [0.25, 0.3) is 0 Å². The summed E-state index contributed by atoms with van der Waals surface area (Å²) in [6.07, 6.45) is 0. The first-order chi connectivity index (χ1) is 9.29. The van der Waals surface area contributed by atoms with Crippen molar-refractivity contribution in [2.24, 2.45) is 0 Å². The average Bonchev–Trinajstić information content (AvgIpc) is 2.35. The number of nitrogens with one attached hydrogen (secondary N) is 1. The van der Waals surface area contributed by atoms with Gasteiger partial charge in [0.05, 0.1) is 0 Å². The highest BCUT2D eigenvalue weighted by atomic mass is 19.2. The number of anilines is 2. The van der Waals surface area contributed by atoms with E-state index in [4.69, 9.17) is 0 Å². The number of benzene rings is 1. The highest BCUT2D eigenvalue weighted by Gasteiger charge is 2.19. The molecule has 20 heavy (non-hydrogen) atoms. The van der Waals surface area contributed by atoms with Gasteiger partial charge >= 0.3 is 0 Å².